The molecule has 2 N–H and O–H groups in total. The van der Waals surface area contributed by atoms with Crippen LogP contribution in [0.25, 0.3) is 28.1 Å². The molecular formula is C18H11ClN6. The van der Waals surface area contributed by atoms with Crippen LogP contribution in [0.15, 0.2) is 54.7 Å². The van der Waals surface area contributed by atoms with Crippen LogP contribution in [0.5, 0.6) is 0 Å². The van der Waals surface area contributed by atoms with E-state index in [0.29, 0.717) is 33.3 Å². The maximum Gasteiger partial charge on any atom is 0.169 e. The number of nitriles is 1. The third-order valence-corrected chi connectivity index (χ3v) is 4.03. The molecule has 0 fully saturated rings. The molecule has 0 amide bonds. The van der Waals surface area contributed by atoms with Gasteiger partial charge in [0.2, 0.25) is 0 Å². The number of benzene rings is 2. The van der Waals surface area contributed by atoms with Crippen LogP contribution in [-0.4, -0.2) is 19.7 Å². The molecular weight excluding hydrogens is 336 g/mol. The van der Waals surface area contributed by atoms with Crippen LogP contribution < -0.4 is 5.73 Å². The number of hydrogen-bond acceptors (Lipinski definition) is 5. The fraction of sp³-hybridized carbons (Fsp3) is 0. The Kier molecular flexibility index (Phi) is 3.56. The van der Waals surface area contributed by atoms with E-state index in [2.05, 4.69) is 21.1 Å². The van der Waals surface area contributed by atoms with Gasteiger partial charge in [0, 0.05) is 10.6 Å². The Bertz CT molecular complexity index is 1120. The number of nitrogens with two attached hydrogens (primary N) is 1. The number of nitrogens with zero attached hydrogens (tertiary/aromatic N) is 5. The Morgan fingerprint density at radius 3 is 2.64 bits per heavy atom. The van der Waals surface area contributed by atoms with Gasteiger partial charge in [-0.1, -0.05) is 23.7 Å². The zero-order valence-corrected chi connectivity index (χ0v) is 13.6. The van der Waals surface area contributed by atoms with Gasteiger partial charge in [0.15, 0.2) is 11.5 Å². The Hall–Kier alpha value is -3.43. The number of nitrogen functional groups attached to an aromatic ring is 1. The Balaban J connectivity index is 1.92. The number of halogens is 1. The maximum absolute atomic E-state index is 9.08. The smallest absolute Gasteiger partial charge is 0.169 e. The van der Waals surface area contributed by atoms with Crippen molar-refractivity contribution in [2.75, 3.05) is 5.73 Å². The second-order valence-corrected chi connectivity index (χ2v) is 5.83. The summed E-state index contributed by atoms with van der Waals surface area (Å²) in [6.45, 7) is 0. The van der Waals surface area contributed by atoms with Gasteiger partial charge in [-0.05, 0) is 36.4 Å². The minimum atomic E-state index is 0.336. The van der Waals surface area contributed by atoms with Crippen LogP contribution in [0, 0.1) is 11.3 Å². The van der Waals surface area contributed by atoms with Gasteiger partial charge in [-0.3, -0.25) is 0 Å². The highest BCUT2D eigenvalue weighted by molar-refractivity contribution is 6.30. The van der Waals surface area contributed by atoms with Gasteiger partial charge >= 0.3 is 0 Å². The first-order valence-electron chi connectivity index (χ1n) is 7.43. The van der Waals surface area contributed by atoms with Gasteiger partial charge in [-0.25, -0.2) is 14.6 Å². The molecule has 0 atom stereocenters. The highest BCUT2D eigenvalue weighted by Crippen LogP contribution is 2.25. The van der Waals surface area contributed by atoms with Crippen LogP contribution in [0.4, 0.5) is 5.82 Å². The largest absolute Gasteiger partial charge is 0.383 e. The van der Waals surface area contributed by atoms with Crippen molar-refractivity contribution in [2.45, 2.75) is 0 Å². The van der Waals surface area contributed by atoms with E-state index in [4.69, 9.17) is 22.6 Å². The van der Waals surface area contributed by atoms with Crippen molar-refractivity contribution < 1.29 is 0 Å². The first-order valence-corrected chi connectivity index (χ1v) is 7.81. The van der Waals surface area contributed by atoms with Crippen molar-refractivity contribution in [3.05, 3.63) is 65.3 Å². The fourth-order valence-electron chi connectivity index (χ4n) is 2.56. The Labute approximate surface area is 148 Å². The van der Waals surface area contributed by atoms with Gasteiger partial charge in [-0.2, -0.15) is 10.4 Å². The molecule has 0 aliphatic rings. The van der Waals surface area contributed by atoms with E-state index in [-0.39, 0.29) is 0 Å². The van der Waals surface area contributed by atoms with Gasteiger partial charge in [0.25, 0.3) is 0 Å². The molecule has 25 heavy (non-hydrogen) atoms. The molecule has 2 aromatic carbocycles. The summed E-state index contributed by atoms with van der Waals surface area (Å²) in [7, 11) is 0. The number of rotatable bonds is 2. The van der Waals surface area contributed by atoms with Gasteiger partial charge in [0.05, 0.1) is 28.9 Å². The van der Waals surface area contributed by atoms with Crippen molar-refractivity contribution in [1.82, 2.24) is 19.7 Å². The van der Waals surface area contributed by atoms with Crippen molar-refractivity contribution in [3.63, 3.8) is 0 Å². The average molecular weight is 347 g/mol. The molecule has 0 aliphatic carbocycles. The highest BCUT2D eigenvalue weighted by atomic mass is 35.5. The summed E-state index contributed by atoms with van der Waals surface area (Å²) in [6.07, 6.45) is 1.63. The van der Waals surface area contributed by atoms with Crippen molar-refractivity contribution in [3.8, 4) is 23.1 Å². The predicted molar refractivity (Wildman–Crippen MR) is 96.2 cm³/mol. The lowest BCUT2D eigenvalue weighted by Crippen LogP contribution is -2.01. The molecule has 0 bridgehead atoms. The zero-order chi connectivity index (χ0) is 17.4. The summed E-state index contributed by atoms with van der Waals surface area (Å²) in [5, 5.41) is 14.7. The number of anilines is 1. The van der Waals surface area contributed by atoms with E-state index in [9.17, 15) is 0 Å². The van der Waals surface area contributed by atoms with E-state index in [1.165, 1.54) is 0 Å². The minimum absolute atomic E-state index is 0.336. The van der Waals surface area contributed by atoms with Gasteiger partial charge in [-0.15, -0.1) is 0 Å². The molecule has 0 saturated carbocycles. The van der Waals surface area contributed by atoms with Crippen LogP contribution in [0.1, 0.15) is 5.56 Å². The predicted octanol–water partition coefficient (Wildman–Crippen LogP) is 3.59. The Morgan fingerprint density at radius 1 is 1.08 bits per heavy atom. The van der Waals surface area contributed by atoms with Crippen molar-refractivity contribution in [1.29, 1.82) is 5.26 Å². The highest BCUT2D eigenvalue weighted by Gasteiger charge is 2.13. The van der Waals surface area contributed by atoms with E-state index in [0.717, 1.165) is 11.3 Å². The molecule has 0 aliphatic heterocycles. The summed E-state index contributed by atoms with van der Waals surface area (Å²) >= 11 is 5.95. The summed E-state index contributed by atoms with van der Waals surface area (Å²) in [6, 6.07) is 16.5. The third kappa shape index (κ3) is 2.67. The second-order valence-electron chi connectivity index (χ2n) is 5.40. The van der Waals surface area contributed by atoms with Gasteiger partial charge in [0.1, 0.15) is 5.82 Å². The quantitative estimate of drug-likeness (QED) is 0.598. The molecule has 0 saturated heterocycles. The number of aromatic nitrogens is 4. The number of fused-ring (bicyclic) bond motifs is 1. The van der Waals surface area contributed by atoms with Gasteiger partial charge < -0.3 is 5.73 Å². The maximum atomic E-state index is 9.08. The van der Waals surface area contributed by atoms with Crippen LogP contribution in [0.2, 0.25) is 5.02 Å². The van der Waals surface area contributed by atoms with Crippen LogP contribution >= 0.6 is 11.6 Å². The summed E-state index contributed by atoms with van der Waals surface area (Å²) in [5.41, 5.74) is 8.75. The minimum Gasteiger partial charge on any atom is -0.383 e. The first-order chi connectivity index (χ1) is 12.2. The average Bonchev–Trinajstić information content (AvgIpc) is 3.07. The van der Waals surface area contributed by atoms with Crippen molar-refractivity contribution in [2.24, 2.45) is 0 Å². The monoisotopic (exact) mass is 346 g/mol. The molecule has 2 heterocycles. The molecule has 0 radical (unpaired) electrons. The van der Waals surface area contributed by atoms with Crippen molar-refractivity contribution >= 4 is 28.5 Å². The zero-order valence-electron chi connectivity index (χ0n) is 12.9. The topological polar surface area (TPSA) is 93.4 Å². The molecule has 4 rings (SSSR count). The fourth-order valence-corrected chi connectivity index (χ4v) is 2.68. The standard InChI is InChI=1S/C18H11ClN6/c19-13-4-6-14(7-5-13)25-18-15(10-22-25)16(21)23-17(24-18)12-3-1-2-11(8-12)9-20/h1-8,10H,(H2,21,23,24). The van der Waals surface area contributed by atoms with Crippen LogP contribution in [-0.2, 0) is 0 Å². The van der Waals surface area contributed by atoms with E-state index in [1.807, 2.05) is 18.2 Å². The van der Waals surface area contributed by atoms with E-state index >= 15 is 0 Å². The van der Waals surface area contributed by atoms with E-state index < -0.39 is 0 Å². The SMILES string of the molecule is N#Cc1cccc(-c2nc(N)c3cnn(-c4ccc(Cl)cc4)c3n2)c1. The molecule has 120 valence electrons. The third-order valence-electron chi connectivity index (χ3n) is 3.78. The number of hydrogen-bond donors (Lipinski definition) is 1. The molecule has 6 nitrogen and oxygen atoms in total. The van der Waals surface area contributed by atoms with Crippen LogP contribution in [0.3, 0.4) is 0 Å². The molecule has 0 unspecified atom stereocenters. The second kappa shape index (κ2) is 5.89. The molecule has 2 aromatic heterocycles. The summed E-state index contributed by atoms with van der Waals surface area (Å²) < 4.78 is 1.68. The lowest BCUT2D eigenvalue weighted by molar-refractivity contribution is 0.896. The van der Waals surface area contributed by atoms with E-state index in [1.54, 1.807) is 41.2 Å². The normalized spacial score (nSPS) is 10.7. The first kappa shape index (κ1) is 15.1. The molecule has 0 spiro atoms. The Morgan fingerprint density at radius 2 is 1.88 bits per heavy atom. The summed E-state index contributed by atoms with van der Waals surface area (Å²) in [4.78, 5) is 8.96. The molecule has 4 aromatic rings. The lowest BCUT2D eigenvalue weighted by Gasteiger charge is -2.06. The lowest BCUT2D eigenvalue weighted by atomic mass is 10.1. The summed E-state index contributed by atoms with van der Waals surface area (Å²) in [5.74, 6) is 0.778. The molecule has 7 heteroatoms.